The average molecular weight is 270 g/mol. The van der Waals surface area contributed by atoms with Gasteiger partial charge in [-0.05, 0) is 18.6 Å². The molecule has 0 unspecified atom stereocenters. The molecule has 1 rings (SSSR count). The Morgan fingerprint density at radius 1 is 1.47 bits per heavy atom. The maximum absolute atomic E-state index is 13.4. The highest BCUT2D eigenvalue weighted by molar-refractivity contribution is 5.92. The van der Waals surface area contributed by atoms with Crippen molar-refractivity contribution in [3.8, 4) is 5.75 Å². The molecule has 0 aliphatic carbocycles. The Balaban J connectivity index is 2.67. The highest BCUT2D eigenvalue weighted by Gasteiger charge is 2.17. The van der Waals surface area contributed by atoms with Crippen LogP contribution in [0.25, 0.3) is 0 Å². The first kappa shape index (κ1) is 14.7. The zero-order valence-corrected chi connectivity index (χ0v) is 10.6. The molecule has 0 aromatic heterocycles. The number of carbonyl (C=O) groups is 2. The summed E-state index contributed by atoms with van der Waals surface area (Å²) in [5.41, 5.74) is 0.205. The summed E-state index contributed by atoms with van der Waals surface area (Å²) in [6, 6.07) is 2.20. The number of nitrogens with one attached hydrogen (secondary N) is 2. The quantitative estimate of drug-likeness (QED) is 0.761. The predicted molar refractivity (Wildman–Crippen MR) is 66.8 cm³/mol. The topological polar surface area (TPSA) is 87.7 Å². The first-order valence-electron chi connectivity index (χ1n) is 5.61. The van der Waals surface area contributed by atoms with Crippen molar-refractivity contribution in [2.45, 2.75) is 19.4 Å². The number of benzene rings is 1. The molecule has 2 amide bonds. The van der Waals surface area contributed by atoms with Crippen LogP contribution >= 0.6 is 0 Å². The number of halogens is 1. The third-order valence-corrected chi connectivity index (χ3v) is 2.42. The van der Waals surface area contributed by atoms with E-state index < -0.39 is 23.9 Å². The molecule has 0 spiro atoms. The van der Waals surface area contributed by atoms with Crippen LogP contribution in [0, 0.1) is 5.82 Å². The fraction of sp³-hybridized carbons (Fsp3) is 0.333. The summed E-state index contributed by atoms with van der Waals surface area (Å²) in [4.78, 5) is 22.2. The Morgan fingerprint density at radius 3 is 2.63 bits per heavy atom. The van der Waals surface area contributed by atoms with Crippen LogP contribution in [-0.4, -0.2) is 30.3 Å². The lowest BCUT2D eigenvalue weighted by Crippen LogP contribution is -2.42. The van der Waals surface area contributed by atoms with Gasteiger partial charge < -0.3 is 20.5 Å². The number of amides is 2. The van der Waals surface area contributed by atoms with Gasteiger partial charge in [-0.1, -0.05) is 6.92 Å². The third-order valence-electron chi connectivity index (χ3n) is 2.42. The molecule has 0 bridgehead atoms. The molecule has 1 aromatic carbocycles. The number of carboxylic acid groups (broad SMARTS) is 1. The van der Waals surface area contributed by atoms with Crippen molar-refractivity contribution in [3.63, 3.8) is 0 Å². The molecule has 0 heterocycles. The van der Waals surface area contributed by atoms with Gasteiger partial charge in [0.15, 0.2) is 11.6 Å². The van der Waals surface area contributed by atoms with Crippen LogP contribution < -0.4 is 15.4 Å². The van der Waals surface area contributed by atoms with E-state index in [4.69, 9.17) is 9.84 Å². The number of carbonyl (C=O) groups excluding carboxylic acids is 1. The van der Waals surface area contributed by atoms with E-state index in [1.807, 2.05) is 0 Å². The van der Waals surface area contributed by atoms with Crippen molar-refractivity contribution in [3.05, 3.63) is 24.0 Å². The van der Waals surface area contributed by atoms with Crippen molar-refractivity contribution in [2.24, 2.45) is 0 Å². The summed E-state index contributed by atoms with van der Waals surface area (Å²) in [5.74, 6) is -1.69. The van der Waals surface area contributed by atoms with Crippen molar-refractivity contribution < 1.29 is 23.8 Å². The van der Waals surface area contributed by atoms with Crippen LogP contribution in [0.3, 0.4) is 0 Å². The summed E-state index contributed by atoms with van der Waals surface area (Å²) in [7, 11) is 1.33. The number of rotatable bonds is 5. The summed E-state index contributed by atoms with van der Waals surface area (Å²) in [6.45, 7) is 1.63. The van der Waals surface area contributed by atoms with E-state index >= 15 is 0 Å². The molecule has 0 saturated carbocycles. The summed E-state index contributed by atoms with van der Waals surface area (Å²) in [5, 5.41) is 13.4. The minimum Gasteiger partial charge on any atom is -0.494 e. The van der Waals surface area contributed by atoms with Gasteiger partial charge >= 0.3 is 12.0 Å². The predicted octanol–water partition coefficient (Wildman–Crippen LogP) is 1.82. The Bertz CT molecular complexity index is 479. The molecule has 0 radical (unpaired) electrons. The van der Waals surface area contributed by atoms with Gasteiger partial charge in [0.1, 0.15) is 6.04 Å². The van der Waals surface area contributed by atoms with Crippen molar-refractivity contribution in [1.82, 2.24) is 5.32 Å². The fourth-order valence-corrected chi connectivity index (χ4v) is 1.41. The lowest BCUT2D eigenvalue weighted by molar-refractivity contribution is -0.139. The first-order chi connectivity index (χ1) is 8.97. The van der Waals surface area contributed by atoms with Crippen LogP contribution in [0.1, 0.15) is 13.3 Å². The molecule has 6 nitrogen and oxygen atoms in total. The summed E-state index contributed by atoms with van der Waals surface area (Å²) in [6.07, 6.45) is 0.250. The summed E-state index contributed by atoms with van der Waals surface area (Å²) >= 11 is 0. The Kier molecular flexibility index (Phi) is 5.11. The van der Waals surface area contributed by atoms with E-state index in [0.717, 1.165) is 6.07 Å². The van der Waals surface area contributed by atoms with Gasteiger partial charge in [-0.3, -0.25) is 0 Å². The Morgan fingerprint density at radius 2 is 2.16 bits per heavy atom. The number of hydrogen-bond acceptors (Lipinski definition) is 3. The maximum Gasteiger partial charge on any atom is 0.326 e. The van der Waals surface area contributed by atoms with Crippen LogP contribution in [0.15, 0.2) is 18.2 Å². The molecule has 7 heteroatoms. The normalized spacial score (nSPS) is 11.5. The van der Waals surface area contributed by atoms with Crippen molar-refractivity contribution >= 4 is 17.7 Å². The van der Waals surface area contributed by atoms with E-state index in [1.54, 1.807) is 6.92 Å². The summed E-state index contributed by atoms with van der Waals surface area (Å²) < 4.78 is 18.1. The zero-order valence-electron chi connectivity index (χ0n) is 10.6. The number of carboxylic acids is 1. The zero-order chi connectivity index (χ0) is 14.4. The van der Waals surface area contributed by atoms with Gasteiger partial charge in [-0.2, -0.15) is 0 Å². The second-order valence-corrected chi connectivity index (χ2v) is 3.75. The minimum absolute atomic E-state index is 0.0583. The molecule has 1 aromatic rings. The minimum atomic E-state index is -1.13. The highest BCUT2D eigenvalue weighted by Crippen LogP contribution is 2.20. The molecule has 0 fully saturated rings. The van der Waals surface area contributed by atoms with E-state index in [1.165, 1.54) is 19.2 Å². The molecule has 0 saturated heterocycles. The lowest BCUT2D eigenvalue weighted by atomic mass is 10.2. The fourth-order valence-electron chi connectivity index (χ4n) is 1.41. The Hall–Kier alpha value is -2.31. The third kappa shape index (κ3) is 4.13. The molecular weight excluding hydrogens is 255 g/mol. The van der Waals surface area contributed by atoms with E-state index in [-0.39, 0.29) is 17.9 Å². The van der Waals surface area contributed by atoms with E-state index in [9.17, 15) is 14.0 Å². The van der Waals surface area contributed by atoms with Gasteiger partial charge in [0.2, 0.25) is 0 Å². The second-order valence-electron chi connectivity index (χ2n) is 3.75. The smallest absolute Gasteiger partial charge is 0.326 e. The molecule has 104 valence electrons. The Labute approximate surface area is 109 Å². The average Bonchev–Trinajstić information content (AvgIpc) is 2.35. The maximum atomic E-state index is 13.4. The number of methoxy groups -OCH3 is 1. The van der Waals surface area contributed by atoms with Crippen molar-refractivity contribution in [2.75, 3.05) is 12.4 Å². The second kappa shape index (κ2) is 6.58. The molecule has 0 aliphatic heterocycles. The monoisotopic (exact) mass is 270 g/mol. The number of ether oxygens (including phenoxy) is 1. The number of hydrogen-bond donors (Lipinski definition) is 3. The number of anilines is 1. The van der Waals surface area contributed by atoms with Crippen LogP contribution in [0.4, 0.5) is 14.9 Å². The highest BCUT2D eigenvalue weighted by atomic mass is 19.1. The van der Waals surface area contributed by atoms with Gasteiger partial charge in [-0.25, -0.2) is 14.0 Å². The molecule has 3 N–H and O–H groups in total. The van der Waals surface area contributed by atoms with Crippen LogP contribution in [0.2, 0.25) is 0 Å². The number of urea groups is 1. The van der Waals surface area contributed by atoms with Crippen LogP contribution in [-0.2, 0) is 4.79 Å². The van der Waals surface area contributed by atoms with Crippen LogP contribution in [0.5, 0.6) is 5.75 Å². The van der Waals surface area contributed by atoms with Gasteiger partial charge in [-0.15, -0.1) is 0 Å². The van der Waals surface area contributed by atoms with Gasteiger partial charge in [0.25, 0.3) is 0 Å². The molecular formula is C12H15FN2O4. The van der Waals surface area contributed by atoms with Gasteiger partial charge in [0.05, 0.1) is 7.11 Å². The van der Waals surface area contributed by atoms with E-state index in [0.29, 0.717) is 0 Å². The van der Waals surface area contributed by atoms with Crippen molar-refractivity contribution in [1.29, 1.82) is 0 Å². The first-order valence-corrected chi connectivity index (χ1v) is 5.61. The lowest BCUT2D eigenvalue weighted by Gasteiger charge is -2.13. The molecule has 19 heavy (non-hydrogen) atoms. The largest absolute Gasteiger partial charge is 0.494 e. The SMILES string of the molecule is CC[C@@H](NC(=O)Nc1ccc(OC)c(F)c1)C(=O)O. The molecule has 0 aliphatic rings. The van der Waals surface area contributed by atoms with Gasteiger partial charge in [0, 0.05) is 11.8 Å². The number of aliphatic carboxylic acids is 1. The molecule has 1 atom stereocenters. The van der Waals surface area contributed by atoms with E-state index in [2.05, 4.69) is 10.6 Å². The standard InChI is InChI=1S/C12H15FN2O4/c1-3-9(11(16)17)15-12(18)14-7-4-5-10(19-2)8(13)6-7/h4-6,9H,3H2,1-2H3,(H,16,17)(H2,14,15,18)/t9-/m1/s1.